The normalized spacial score (nSPS) is 11.5. The Labute approximate surface area is 104 Å². The summed E-state index contributed by atoms with van der Waals surface area (Å²) in [7, 11) is -1.94. The minimum absolute atomic E-state index is 0.281. The minimum atomic E-state index is -1.94. The molecule has 0 N–H and O–H groups in total. The summed E-state index contributed by atoms with van der Waals surface area (Å²) in [6, 6.07) is 11.2. The monoisotopic (exact) mass is 265 g/mol. The smallest absolute Gasteiger partial charge is 0.286 e. The average molecular weight is 265 g/mol. The molecule has 0 fully saturated rings. The van der Waals surface area contributed by atoms with E-state index in [1.807, 2.05) is 36.4 Å². The van der Waals surface area contributed by atoms with Crippen LogP contribution in [0.4, 0.5) is 0 Å². The summed E-state index contributed by atoms with van der Waals surface area (Å²) in [6.07, 6.45) is 6.93. The number of nitrogens with zero attached hydrogens (tertiary/aromatic N) is 1. The van der Waals surface area contributed by atoms with Gasteiger partial charge in [-0.3, -0.25) is 0 Å². The maximum atomic E-state index is 5.20. The first-order chi connectivity index (χ1) is 8.29. The standard InChI is InChI=1S/C11H8NO3PS/c1-2-13-16(17)15-11-8-10(14-12-11)9-6-4-3-5-7-9/h1,3-8,16H. The van der Waals surface area contributed by atoms with Crippen LogP contribution >= 0.6 is 7.15 Å². The lowest BCUT2D eigenvalue weighted by molar-refractivity contribution is 0.392. The fourth-order valence-electron chi connectivity index (χ4n) is 1.20. The predicted octanol–water partition coefficient (Wildman–Crippen LogP) is 2.83. The third-order valence-electron chi connectivity index (χ3n) is 1.88. The van der Waals surface area contributed by atoms with Crippen LogP contribution in [-0.4, -0.2) is 5.16 Å². The van der Waals surface area contributed by atoms with Gasteiger partial charge in [0, 0.05) is 11.6 Å². The lowest BCUT2D eigenvalue weighted by Crippen LogP contribution is -1.80. The van der Waals surface area contributed by atoms with Gasteiger partial charge in [0.05, 0.1) is 0 Å². The summed E-state index contributed by atoms with van der Waals surface area (Å²) in [5.41, 5.74) is 0.908. The van der Waals surface area contributed by atoms with E-state index in [9.17, 15) is 0 Å². The van der Waals surface area contributed by atoms with E-state index in [0.717, 1.165) is 5.56 Å². The van der Waals surface area contributed by atoms with E-state index in [2.05, 4.69) is 5.16 Å². The highest BCUT2D eigenvalue weighted by atomic mass is 32.4. The maximum absolute atomic E-state index is 5.20. The van der Waals surface area contributed by atoms with Crippen molar-refractivity contribution in [3.63, 3.8) is 0 Å². The van der Waals surface area contributed by atoms with Gasteiger partial charge in [-0.25, -0.2) is 0 Å². The molecule has 4 nitrogen and oxygen atoms in total. The third kappa shape index (κ3) is 3.10. The van der Waals surface area contributed by atoms with Gasteiger partial charge in [-0.1, -0.05) is 36.8 Å². The number of hydrogen-bond donors (Lipinski definition) is 0. The van der Waals surface area contributed by atoms with E-state index in [1.54, 1.807) is 6.07 Å². The van der Waals surface area contributed by atoms with Crippen LogP contribution < -0.4 is 4.52 Å². The highest BCUT2D eigenvalue weighted by Gasteiger charge is 2.08. The van der Waals surface area contributed by atoms with Gasteiger partial charge in [0.25, 0.3) is 13.0 Å². The molecule has 0 bridgehead atoms. The number of aromatic nitrogens is 1. The molecule has 2 rings (SSSR count). The van der Waals surface area contributed by atoms with Gasteiger partial charge < -0.3 is 13.6 Å². The first kappa shape index (κ1) is 11.7. The van der Waals surface area contributed by atoms with Crippen molar-refractivity contribution >= 4 is 19.0 Å². The van der Waals surface area contributed by atoms with Crippen LogP contribution in [0.5, 0.6) is 5.88 Å². The van der Waals surface area contributed by atoms with Crippen LogP contribution in [0, 0.1) is 12.5 Å². The Balaban J connectivity index is 2.12. The molecule has 0 saturated heterocycles. The lowest BCUT2D eigenvalue weighted by atomic mass is 10.2. The predicted molar refractivity (Wildman–Crippen MR) is 68.2 cm³/mol. The molecule has 0 amide bonds. The lowest BCUT2D eigenvalue weighted by Gasteiger charge is -1.99. The molecule has 2 aromatic rings. The Kier molecular flexibility index (Phi) is 3.81. The van der Waals surface area contributed by atoms with Crippen LogP contribution in [-0.2, 0) is 16.3 Å². The van der Waals surface area contributed by atoms with Crippen molar-refractivity contribution in [1.29, 1.82) is 0 Å². The number of terminal acetylenes is 1. The van der Waals surface area contributed by atoms with Gasteiger partial charge in [-0.2, -0.15) is 0 Å². The molecule has 1 aromatic carbocycles. The summed E-state index contributed by atoms with van der Waals surface area (Å²) < 4.78 is 15.0. The van der Waals surface area contributed by atoms with E-state index in [-0.39, 0.29) is 5.88 Å². The van der Waals surface area contributed by atoms with Crippen molar-refractivity contribution in [3.05, 3.63) is 36.4 Å². The Morgan fingerprint density at radius 2 is 2.12 bits per heavy atom. The molecule has 0 radical (unpaired) electrons. The molecule has 1 unspecified atom stereocenters. The summed E-state index contributed by atoms with van der Waals surface area (Å²) in [5, 5.41) is 3.73. The van der Waals surface area contributed by atoms with Gasteiger partial charge in [0.15, 0.2) is 5.76 Å². The zero-order chi connectivity index (χ0) is 12.1. The van der Waals surface area contributed by atoms with Crippen molar-refractivity contribution in [2.75, 3.05) is 0 Å². The van der Waals surface area contributed by atoms with Gasteiger partial charge in [-0.15, -0.1) is 0 Å². The van der Waals surface area contributed by atoms with Crippen molar-refractivity contribution in [2.24, 2.45) is 0 Å². The average Bonchev–Trinajstić information content (AvgIpc) is 2.79. The fourth-order valence-corrected chi connectivity index (χ4v) is 2.01. The number of rotatable bonds is 4. The van der Waals surface area contributed by atoms with Gasteiger partial charge in [-0.05, 0) is 17.0 Å². The molecule has 1 heterocycles. The summed E-state index contributed by atoms with van der Waals surface area (Å²) >= 11 is 4.88. The van der Waals surface area contributed by atoms with Gasteiger partial charge >= 0.3 is 0 Å². The topological polar surface area (TPSA) is 44.5 Å². The first-order valence-corrected chi connectivity index (χ1v) is 7.11. The highest BCUT2D eigenvalue weighted by molar-refractivity contribution is 8.00. The van der Waals surface area contributed by atoms with Crippen LogP contribution in [0.15, 0.2) is 40.9 Å². The number of hydrogen-bond acceptors (Lipinski definition) is 5. The zero-order valence-corrected chi connectivity index (χ0v) is 10.4. The molecular weight excluding hydrogens is 257 g/mol. The quantitative estimate of drug-likeness (QED) is 0.628. The van der Waals surface area contributed by atoms with Crippen LogP contribution in [0.1, 0.15) is 0 Å². The van der Waals surface area contributed by atoms with Crippen molar-refractivity contribution < 1.29 is 13.6 Å². The molecule has 0 aliphatic heterocycles. The SMILES string of the molecule is C#CO[PH](=S)Oc1cc(-c2ccccc2)on1. The van der Waals surface area contributed by atoms with E-state index < -0.39 is 7.15 Å². The molecule has 0 spiro atoms. The second-order valence-electron chi connectivity index (χ2n) is 2.97. The Morgan fingerprint density at radius 3 is 2.82 bits per heavy atom. The molecule has 6 heteroatoms. The molecule has 1 aromatic heterocycles. The molecule has 0 aliphatic carbocycles. The van der Waals surface area contributed by atoms with Crippen LogP contribution in [0.2, 0.25) is 0 Å². The van der Waals surface area contributed by atoms with Crippen molar-refractivity contribution in [2.45, 2.75) is 0 Å². The molecule has 0 saturated carbocycles. The van der Waals surface area contributed by atoms with Crippen LogP contribution in [0.25, 0.3) is 11.3 Å². The molecule has 86 valence electrons. The number of benzene rings is 1. The Hall–Kier alpha value is -1.76. The maximum Gasteiger partial charge on any atom is 0.286 e. The molecular formula is C11H8NO3PS. The molecule has 1 atom stereocenters. The Morgan fingerprint density at radius 1 is 1.35 bits per heavy atom. The van der Waals surface area contributed by atoms with E-state index in [0.29, 0.717) is 5.76 Å². The van der Waals surface area contributed by atoms with Crippen LogP contribution in [0.3, 0.4) is 0 Å². The fraction of sp³-hybridized carbons (Fsp3) is 0. The molecule has 17 heavy (non-hydrogen) atoms. The summed E-state index contributed by atoms with van der Waals surface area (Å²) in [4.78, 5) is 0. The van der Waals surface area contributed by atoms with Crippen molar-refractivity contribution in [3.8, 4) is 29.7 Å². The van der Waals surface area contributed by atoms with Gasteiger partial charge in [0.1, 0.15) is 6.11 Å². The van der Waals surface area contributed by atoms with E-state index in [1.165, 1.54) is 0 Å². The molecule has 0 aliphatic rings. The third-order valence-corrected chi connectivity index (χ3v) is 3.04. The summed E-state index contributed by atoms with van der Waals surface area (Å²) in [5.74, 6) is 0.883. The second kappa shape index (κ2) is 5.53. The van der Waals surface area contributed by atoms with Gasteiger partial charge in [0.2, 0.25) is 0 Å². The Bertz CT molecular complexity index is 562. The highest BCUT2D eigenvalue weighted by Crippen LogP contribution is 2.30. The minimum Gasteiger partial charge on any atom is -0.415 e. The largest absolute Gasteiger partial charge is 0.415 e. The first-order valence-electron chi connectivity index (χ1n) is 4.66. The zero-order valence-electron chi connectivity index (χ0n) is 8.62. The van der Waals surface area contributed by atoms with E-state index >= 15 is 0 Å². The van der Waals surface area contributed by atoms with E-state index in [4.69, 9.17) is 31.8 Å². The van der Waals surface area contributed by atoms with Crippen molar-refractivity contribution in [1.82, 2.24) is 5.16 Å². The second-order valence-corrected chi connectivity index (χ2v) is 4.88. The summed E-state index contributed by atoms with van der Waals surface area (Å²) in [6.45, 7) is 0.